The zero-order valence-corrected chi connectivity index (χ0v) is 12.2. The highest BCUT2D eigenvalue weighted by Crippen LogP contribution is 2.35. The highest BCUT2D eigenvalue weighted by atomic mass is 16.4. The van der Waals surface area contributed by atoms with Crippen LogP contribution in [0.2, 0.25) is 0 Å². The first-order valence-corrected chi connectivity index (χ1v) is 7.17. The molecular weight excluding hydrogens is 244 g/mol. The molecule has 1 saturated heterocycles. The average molecular weight is 270 g/mol. The largest absolute Gasteiger partial charge is 0.480 e. The maximum Gasteiger partial charge on any atom is 0.329 e. The molecule has 1 unspecified atom stereocenters. The van der Waals surface area contributed by atoms with Gasteiger partial charge in [0.2, 0.25) is 5.91 Å². The van der Waals surface area contributed by atoms with E-state index >= 15 is 0 Å². The van der Waals surface area contributed by atoms with Crippen LogP contribution in [0.1, 0.15) is 52.9 Å². The quantitative estimate of drug-likeness (QED) is 0.684. The third kappa shape index (κ3) is 3.47. The summed E-state index contributed by atoms with van der Waals surface area (Å²) >= 11 is 0. The van der Waals surface area contributed by atoms with Crippen LogP contribution in [0.25, 0.3) is 0 Å². The third-order valence-electron chi connectivity index (χ3n) is 4.34. The molecule has 0 aromatic carbocycles. The summed E-state index contributed by atoms with van der Waals surface area (Å²) in [5.74, 6) is -1.06. The fraction of sp³-hybridized carbons (Fsp3) is 0.857. The normalized spacial score (nSPS) is 21.4. The number of rotatable bonds is 6. The predicted molar refractivity (Wildman–Crippen MR) is 73.9 cm³/mol. The molecule has 5 heteroatoms. The summed E-state index contributed by atoms with van der Waals surface area (Å²) in [6.45, 7) is 7.07. The second-order valence-electron chi connectivity index (χ2n) is 5.73. The molecule has 3 N–H and O–H groups in total. The lowest BCUT2D eigenvalue weighted by molar-refractivity contribution is -0.149. The van der Waals surface area contributed by atoms with Crippen LogP contribution in [-0.2, 0) is 9.59 Å². The fourth-order valence-corrected chi connectivity index (χ4v) is 2.65. The van der Waals surface area contributed by atoms with Crippen LogP contribution in [0.4, 0.5) is 0 Å². The molecule has 110 valence electrons. The summed E-state index contributed by atoms with van der Waals surface area (Å²) in [7, 11) is 0. The van der Waals surface area contributed by atoms with Crippen LogP contribution < -0.4 is 10.6 Å². The summed E-state index contributed by atoms with van der Waals surface area (Å²) < 4.78 is 0. The summed E-state index contributed by atoms with van der Waals surface area (Å²) in [4.78, 5) is 23.9. The molecule has 1 rings (SSSR count). The van der Waals surface area contributed by atoms with E-state index in [4.69, 9.17) is 0 Å². The number of carbonyl (C=O) groups excluding carboxylic acids is 1. The lowest BCUT2D eigenvalue weighted by atomic mass is 9.74. The van der Waals surface area contributed by atoms with Gasteiger partial charge in [0, 0.05) is 0 Å². The molecule has 0 saturated carbocycles. The van der Waals surface area contributed by atoms with E-state index in [1.54, 1.807) is 13.8 Å². The van der Waals surface area contributed by atoms with Gasteiger partial charge in [0.15, 0.2) is 0 Å². The Morgan fingerprint density at radius 2 is 1.89 bits per heavy atom. The molecule has 0 radical (unpaired) electrons. The Hall–Kier alpha value is -1.10. The van der Waals surface area contributed by atoms with Crippen molar-refractivity contribution >= 4 is 11.9 Å². The van der Waals surface area contributed by atoms with Gasteiger partial charge >= 0.3 is 5.97 Å². The number of carboxylic acid groups (broad SMARTS) is 1. The van der Waals surface area contributed by atoms with Gasteiger partial charge in [0.1, 0.15) is 5.54 Å². The lowest BCUT2D eigenvalue weighted by Crippen LogP contribution is -2.57. The Morgan fingerprint density at radius 3 is 2.32 bits per heavy atom. The molecule has 1 amide bonds. The van der Waals surface area contributed by atoms with Crippen molar-refractivity contribution in [3.8, 4) is 0 Å². The topological polar surface area (TPSA) is 78.4 Å². The molecule has 0 aromatic heterocycles. The van der Waals surface area contributed by atoms with Gasteiger partial charge in [0.25, 0.3) is 0 Å². The van der Waals surface area contributed by atoms with Crippen molar-refractivity contribution < 1.29 is 14.7 Å². The van der Waals surface area contributed by atoms with Crippen molar-refractivity contribution in [2.45, 2.75) is 58.4 Å². The SMILES string of the molecule is CCCC1(C(=O)NC(C)(CC)C(=O)O)CCNCC1. The van der Waals surface area contributed by atoms with Crippen molar-refractivity contribution in [1.82, 2.24) is 10.6 Å². The van der Waals surface area contributed by atoms with Crippen LogP contribution >= 0.6 is 0 Å². The van der Waals surface area contributed by atoms with E-state index in [-0.39, 0.29) is 5.91 Å². The number of carbonyl (C=O) groups is 2. The van der Waals surface area contributed by atoms with Gasteiger partial charge in [-0.25, -0.2) is 4.79 Å². The second kappa shape index (κ2) is 6.37. The molecule has 5 nitrogen and oxygen atoms in total. The number of piperidine rings is 1. The molecule has 1 aliphatic rings. The van der Waals surface area contributed by atoms with Gasteiger partial charge in [-0.1, -0.05) is 20.3 Å². The molecule has 1 atom stereocenters. The van der Waals surface area contributed by atoms with Crippen molar-refractivity contribution in [3.63, 3.8) is 0 Å². The zero-order chi connectivity index (χ0) is 14.5. The van der Waals surface area contributed by atoms with Crippen molar-refractivity contribution in [1.29, 1.82) is 0 Å². The maximum absolute atomic E-state index is 12.6. The van der Waals surface area contributed by atoms with Crippen LogP contribution in [-0.4, -0.2) is 35.6 Å². The molecule has 19 heavy (non-hydrogen) atoms. The minimum atomic E-state index is -1.16. The molecule has 0 aliphatic carbocycles. The van der Waals surface area contributed by atoms with Crippen LogP contribution in [0.3, 0.4) is 0 Å². The van der Waals surface area contributed by atoms with Crippen molar-refractivity contribution in [3.05, 3.63) is 0 Å². The summed E-state index contributed by atoms with van der Waals surface area (Å²) in [6, 6.07) is 0. The number of nitrogens with one attached hydrogen (secondary N) is 2. The molecule has 0 bridgehead atoms. The molecule has 1 aliphatic heterocycles. The van der Waals surface area contributed by atoms with Crippen molar-refractivity contribution in [2.24, 2.45) is 5.41 Å². The molecular formula is C14H26N2O3. The van der Waals surface area contributed by atoms with Crippen LogP contribution in [0, 0.1) is 5.41 Å². The fourth-order valence-electron chi connectivity index (χ4n) is 2.65. The number of carboxylic acids is 1. The summed E-state index contributed by atoms with van der Waals surface area (Å²) in [5, 5.41) is 15.3. The third-order valence-corrected chi connectivity index (χ3v) is 4.34. The maximum atomic E-state index is 12.6. The minimum absolute atomic E-state index is 0.0948. The van der Waals surface area contributed by atoms with Gasteiger partial charge in [-0.15, -0.1) is 0 Å². The van der Waals surface area contributed by atoms with Gasteiger partial charge in [0.05, 0.1) is 5.41 Å². The molecule has 1 fully saturated rings. The Balaban J connectivity index is 2.85. The van der Waals surface area contributed by atoms with E-state index in [1.165, 1.54) is 0 Å². The second-order valence-corrected chi connectivity index (χ2v) is 5.73. The monoisotopic (exact) mass is 270 g/mol. The first-order chi connectivity index (χ1) is 8.90. The predicted octanol–water partition coefficient (Wildman–Crippen LogP) is 1.53. The van der Waals surface area contributed by atoms with Gasteiger partial charge in [-0.05, 0) is 45.7 Å². The van der Waals surface area contributed by atoms with E-state index in [0.29, 0.717) is 6.42 Å². The smallest absolute Gasteiger partial charge is 0.329 e. The molecule has 0 aromatic rings. The highest BCUT2D eigenvalue weighted by Gasteiger charge is 2.43. The van der Waals surface area contributed by atoms with Gasteiger partial charge in [-0.3, -0.25) is 4.79 Å². The zero-order valence-electron chi connectivity index (χ0n) is 12.2. The van der Waals surface area contributed by atoms with Crippen LogP contribution in [0.5, 0.6) is 0 Å². The molecule has 0 spiro atoms. The first-order valence-electron chi connectivity index (χ1n) is 7.17. The number of hydrogen-bond acceptors (Lipinski definition) is 3. The van der Waals surface area contributed by atoms with E-state index in [1.807, 2.05) is 0 Å². The number of amides is 1. The molecule has 1 heterocycles. The first kappa shape index (κ1) is 16.0. The highest BCUT2D eigenvalue weighted by molar-refractivity contribution is 5.89. The van der Waals surface area contributed by atoms with Crippen molar-refractivity contribution in [2.75, 3.05) is 13.1 Å². The van der Waals surface area contributed by atoms with Crippen LogP contribution in [0.15, 0.2) is 0 Å². The van der Waals surface area contributed by atoms with Gasteiger partial charge < -0.3 is 15.7 Å². The standard InChI is InChI=1S/C14H26N2O3/c1-4-6-14(7-9-15-10-8-14)11(17)16-13(3,5-2)12(18)19/h15H,4-10H2,1-3H3,(H,16,17)(H,18,19). The van der Waals surface area contributed by atoms with Gasteiger partial charge in [-0.2, -0.15) is 0 Å². The Kier molecular flexibility index (Phi) is 5.35. The number of hydrogen-bond donors (Lipinski definition) is 3. The average Bonchev–Trinajstić information content (AvgIpc) is 2.39. The number of aliphatic carboxylic acids is 1. The van der Waals surface area contributed by atoms with E-state index < -0.39 is 16.9 Å². The minimum Gasteiger partial charge on any atom is -0.480 e. The summed E-state index contributed by atoms with van der Waals surface area (Å²) in [6.07, 6.45) is 3.70. The Morgan fingerprint density at radius 1 is 1.32 bits per heavy atom. The van der Waals surface area contributed by atoms with E-state index in [0.717, 1.165) is 38.8 Å². The van der Waals surface area contributed by atoms with E-state index in [9.17, 15) is 14.7 Å². The Bertz CT molecular complexity index is 332. The lowest BCUT2D eigenvalue weighted by Gasteiger charge is -2.38. The summed E-state index contributed by atoms with van der Waals surface area (Å²) in [5.41, 5.74) is -1.56. The van der Waals surface area contributed by atoms with E-state index in [2.05, 4.69) is 17.6 Å². The Labute approximate surface area is 115 Å².